The van der Waals surface area contributed by atoms with Crippen LogP contribution >= 0.6 is 11.6 Å². The predicted octanol–water partition coefficient (Wildman–Crippen LogP) is 2.52. The lowest BCUT2D eigenvalue weighted by atomic mass is 9.92. The molecular formula is C13H20ClFN2O2S. The highest BCUT2D eigenvalue weighted by Gasteiger charge is 2.31. The molecule has 1 aromatic rings. The Morgan fingerprint density at radius 3 is 2.50 bits per heavy atom. The molecule has 0 saturated heterocycles. The van der Waals surface area contributed by atoms with Crippen molar-refractivity contribution in [1.29, 1.82) is 0 Å². The van der Waals surface area contributed by atoms with E-state index in [4.69, 9.17) is 17.3 Å². The van der Waals surface area contributed by atoms with Crippen LogP contribution in [0.5, 0.6) is 0 Å². The number of benzene rings is 1. The van der Waals surface area contributed by atoms with E-state index < -0.39 is 26.3 Å². The highest BCUT2D eigenvalue weighted by atomic mass is 35.5. The smallest absolute Gasteiger partial charge is 0.244 e. The van der Waals surface area contributed by atoms with Gasteiger partial charge in [-0.15, -0.1) is 0 Å². The molecule has 0 aliphatic rings. The topological polar surface area (TPSA) is 72.2 Å². The van der Waals surface area contributed by atoms with Crippen LogP contribution in [0.2, 0.25) is 5.02 Å². The summed E-state index contributed by atoms with van der Waals surface area (Å²) in [6.07, 6.45) is 0.554. The molecule has 0 spiro atoms. The molecule has 0 radical (unpaired) electrons. The van der Waals surface area contributed by atoms with E-state index in [0.717, 1.165) is 12.1 Å². The monoisotopic (exact) mass is 322 g/mol. The van der Waals surface area contributed by atoms with Crippen LogP contribution in [0.4, 0.5) is 4.39 Å². The van der Waals surface area contributed by atoms with E-state index >= 15 is 0 Å². The van der Waals surface area contributed by atoms with E-state index in [1.165, 1.54) is 6.07 Å². The molecule has 0 amide bonds. The van der Waals surface area contributed by atoms with E-state index in [0.29, 0.717) is 6.42 Å². The van der Waals surface area contributed by atoms with Gasteiger partial charge in [0.05, 0.1) is 0 Å². The van der Waals surface area contributed by atoms with Crippen LogP contribution in [0.25, 0.3) is 0 Å². The van der Waals surface area contributed by atoms with Crippen molar-refractivity contribution in [1.82, 2.24) is 4.72 Å². The van der Waals surface area contributed by atoms with Crippen LogP contribution in [0.15, 0.2) is 23.1 Å². The number of rotatable bonds is 6. The van der Waals surface area contributed by atoms with Gasteiger partial charge in [0.2, 0.25) is 10.0 Å². The van der Waals surface area contributed by atoms with Crippen LogP contribution in [0.3, 0.4) is 0 Å². The normalized spacial score (nSPS) is 15.3. The van der Waals surface area contributed by atoms with E-state index in [2.05, 4.69) is 4.72 Å². The van der Waals surface area contributed by atoms with Gasteiger partial charge >= 0.3 is 0 Å². The van der Waals surface area contributed by atoms with Crippen molar-refractivity contribution in [2.45, 2.75) is 37.6 Å². The van der Waals surface area contributed by atoms with Crippen molar-refractivity contribution in [2.24, 2.45) is 11.7 Å². The van der Waals surface area contributed by atoms with Crippen LogP contribution in [0.1, 0.15) is 27.2 Å². The fourth-order valence-corrected chi connectivity index (χ4v) is 3.79. The first-order valence-electron chi connectivity index (χ1n) is 6.29. The zero-order valence-corrected chi connectivity index (χ0v) is 13.4. The Bertz CT molecular complexity index is 578. The third-order valence-corrected chi connectivity index (χ3v) is 4.78. The lowest BCUT2D eigenvalue weighted by Crippen LogP contribution is -2.52. The number of nitrogens with one attached hydrogen (secondary N) is 1. The molecule has 4 nitrogen and oxygen atoms in total. The standard InChI is InChI=1S/C13H20ClFN2O2S/c1-9(2)7-13(3,8-16)17-20(18,19)12-5-4-10(14)6-11(12)15/h4-6,9,17H,7-8,16H2,1-3H3. The lowest BCUT2D eigenvalue weighted by molar-refractivity contribution is 0.344. The highest BCUT2D eigenvalue weighted by Crippen LogP contribution is 2.22. The fourth-order valence-electron chi connectivity index (χ4n) is 2.14. The molecule has 20 heavy (non-hydrogen) atoms. The molecule has 1 unspecified atom stereocenters. The number of sulfonamides is 1. The number of nitrogens with two attached hydrogens (primary N) is 1. The Morgan fingerprint density at radius 2 is 2.05 bits per heavy atom. The van der Waals surface area contributed by atoms with Crippen molar-refractivity contribution in [3.8, 4) is 0 Å². The minimum absolute atomic E-state index is 0.125. The largest absolute Gasteiger partial charge is 0.329 e. The van der Waals surface area contributed by atoms with Gasteiger partial charge in [0.15, 0.2) is 0 Å². The van der Waals surface area contributed by atoms with Gasteiger partial charge in [-0.2, -0.15) is 0 Å². The van der Waals surface area contributed by atoms with Gasteiger partial charge in [-0.3, -0.25) is 0 Å². The highest BCUT2D eigenvalue weighted by molar-refractivity contribution is 7.89. The molecule has 1 rings (SSSR count). The average molecular weight is 323 g/mol. The minimum atomic E-state index is -3.99. The van der Waals surface area contributed by atoms with Crippen molar-refractivity contribution in [2.75, 3.05) is 6.54 Å². The Balaban J connectivity index is 3.10. The van der Waals surface area contributed by atoms with E-state index in [9.17, 15) is 12.8 Å². The maximum atomic E-state index is 13.8. The first-order valence-corrected chi connectivity index (χ1v) is 8.15. The van der Waals surface area contributed by atoms with Gasteiger partial charge in [0.25, 0.3) is 0 Å². The minimum Gasteiger partial charge on any atom is -0.329 e. The molecule has 0 aliphatic heterocycles. The summed E-state index contributed by atoms with van der Waals surface area (Å²) >= 11 is 5.62. The number of hydrogen-bond acceptors (Lipinski definition) is 3. The molecule has 7 heteroatoms. The van der Waals surface area contributed by atoms with Crippen molar-refractivity contribution in [3.63, 3.8) is 0 Å². The maximum Gasteiger partial charge on any atom is 0.244 e. The molecule has 0 aromatic heterocycles. The van der Waals surface area contributed by atoms with Gasteiger partial charge < -0.3 is 5.73 Å². The molecule has 3 N–H and O–H groups in total. The summed E-state index contributed by atoms with van der Waals surface area (Å²) in [6.45, 7) is 5.76. The molecule has 1 aromatic carbocycles. The van der Waals surface area contributed by atoms with Gasteiger partial charge in [-0.25, -0.2) is 17.5 Å². The second-order valence-electron chi connectivity index (χ2n) is 5.54. The summed E-state index contributed by atoms with van der Waals surface area (Å²) < 4.78 is 40.8. The van der Waals surface area contributed by atoms with Crippen molar-refractivity contribution in [3.05, 3.63) is 29.0 Å². The molecule has 0 fully saturated rings. The molecule has 0 saturated carbocycles. The van der Waals surface area contributed by atoms with Crippen LogP contribution < -0.4 is 10.5 Å². The average Bonchev–Trinajstić information content (AvgIpc) is 2.26. The van der Waals surface area contributed by atoms with E-state index in [1.54, 1.807) is 6.92 Å². The Kier molecular flexibility index (Phi) is 5.54. The zero-order valence-electron chi connectivity index (χ0n) is 11.8. The van der Waals surface area contributed by atoms with Gasteiger partial charge in [-0.05, 0) is 37.5 Å². The van der Waals surface area contributed by atoms with Crippen LogP contribution in [0, 0.1) is 11.7 Å². The molecule has 114 valence electrons. The molecule has 0 aliphatic carbocycles. The molecule has 0 bridgehead atoms. The fraction of sp³-hybridized carbons (Fsp3) is 0.538. The predicted molar refractivity (Wildman–Crippen MR) is 78.6 cm³/mol. The zero-order chi connectivity index (χ0) is 15.6. The van der Waals surface area contributed by atoms with Crippen LogP contribution in [-0.4, -0.2) is 20.5 Å². The summed E-state index contributed by atoms with van der Waals surface area (Å²) in [4.78, 5) is -0.426. The van der Waals surface area contributed by atoms with Gasteiger partial charge in [0, 0.05) is 17.1 Å². The van der Waals surface area contributed by atoms with Gasteiger partial charge in [-0.1, -0.05) is 25.4 Å². The van der Waals surface area contributed by atoms with Crippen molar-refractivity contribution >= 4 is 21.6 Å². The summed E-state index contributed by atoms with van der Waals surface area (Å²) in [7, 11) is -3.99. The van der Waals surface area contributed by atoms with E-state index in [1.807, 2.05) is 13.8 Å². The quantitative estimate of drug-likeness (QED) is 0.845. The van der Waals surface area contributed by atoms with Crippen LogP contribution in [-0.2, 0) is 10.0 Å². The summed E-state index contributed by atoms with van der Waals surface area (Å²) in [5.41, 5.74) is 4.84. The maximum absolute atomic E-state index is 13.8. The van der Waals surface area contributed by atoms with Gasteiger partial charge in [0.1, 0.15) is 10.7 Å². The third-order valence-electron chi connectivity index (χ3n) is 2.87. The Morgan fingerprint density at radius 1 is 1.45 bits per heavy atom. The summed E-state index contributed by atoms with van der Waals surface area (Å²) in [6, 6.07) is 3.45. The Labute approximate surface area is 124 Å². The van der Waals surface area contributed by atoms with Crippen molar-refractivity contribution < 1.29 is 12.8 Å². The third kappa shape index (κ3) is 4.41. The second kappa shape index (κ2) is 6.39. The molecule has 1 atom stereocenters. The summed E-state index contributed by atoms with van der Waals surface area (Å²) in [5, 5.41) is 0.144. The second-order valence-corrected chi connectivity index (χ2v) is 7.63. The first kappa shape index (κ1) is 17.4. The Hall–Kier alpha value is -0.690. The lowest BCUT2D eigenvalue weighted by Gasteiger charge is -2.30. The summed E-state index contributed by atoms with van der Waals surface area (Å²) in [5.74, 6) is -0.629. The molecular weight excluding hydrogens is 303 g/mol. The number of halogens is 2. The SMILES string of the molecule is CC(C)CC(C)(CN)NS(=O)(=O)c1ccc(Cl)cc1F. The number of hydrogen-bond donors (Lipinski definition) is 2. The molecule has 0 heterocycles. The first-order chi connectivity index (χ1) is 9.09. The van der Waals surface area contributed by atoms with E-state index in [-0.39, 0.29) is 17.5 Å².